The van der Waals surface area contributed by atoms with E-state index in [-0.39, 0.29) is 0 Å². The average molecular weight is 431 g/mol. The van der Waals surface area contributed by atoms with E-state index < -0.39 is 17.8 Å². The molecule has 3 rings (SSSR count). The van der Waals surface area contributed by atoms with Crippen LogP contribution in [0.5, 0.6) is 0 Å². The number of aliphatic hydroxyl groups excluding tert-OH is 2. The van der Waals surface area contributed by atoms with Gasteiger partial charge in [-0.05, 0) is 100 Å². The van der Waals surface area contributed by atoms with Crippen molar-refractivity contribution in [1.29, 1.82) is 0 Å². The molecule has 0 aromatic carbocycles. The van der Waals surface area contributed by atoms with Crippen LogP contribution in [-0.4, -0.2) is 33.1 Å². The SMILES string of the molecule is C=CC(/C=C1\CCC[C@]2(C)[C@@H]([C@H](C)CCCC(C)(C)O)CC[C@@H]12)=C1C[C@@H](O)C[C@H](O)C1. The first-order chi connectivity index (χ1) is 14.5. The predicted octanol–water partition coefficient (Wildman–Crippen LogP) is 6.09. The van der Waals surface area contributed by atoms with Crippen LogP contribution in [0, 0.1) is 23.2 Å². The Balaban J connectivity index is 1.76. The number of fused-ring (bicyclic) bond motifs is 1. The van der Waals surface area contributed by atoms with Crippen molar-refractivity contribution >= 4 is 0 Å². The zero-order valence-electron chi connectivity index (χ0n) is 20.4. The van der Waals surface area contributed by atoms with Crippen LogP contribution in [0.2, 0.25) is 0 Å². The molecular weight excluding hydrogens is 384 g/mol. The van der Waals surface area contributed by atoms with Gasteiger partial charge in [0.2, 0.25) is 0 Å². The third kappa shape index (κ3) is 5.92. The summed E-state index contributed by atoms with van der Waals surface area (Å²) < 4.78 is 0. The quantitative estimate of drug-likeness (QED) is 0.458. The summed E-state index contributed by atoms with van der Waals surface area (Å²) in [4.78, 5) is 0. The van der Waals surface area contributed by atoms with Gasteiger partial charge in [-0.25, -0.2) is 0 Å². The highest BCUT2D eigenvalue weighted by Crippen LogP contribution is 2.60. The largest absolute Gasteiger partial charge is 0.393 e. The van der Waals surface area contributed by atoms with Crippen LogP contribution in [0.3, 0.4) is 0 Å². The van der Waals surface area contributed by atoms with Crippen molar-refractivity contribution < 1.29 is 15.3 Å². The molecule has 176 valence electrons. The van der Waals surface area contributed by atoms with Crippen LogP contribution >= 0.6 is 0 Å². The molecule has 0 amide bonds. The van der Waals surface area contributed by atoms with Crippen LogP contribution in [-0.2, 0) is 0 Å². The number of hydrogen-bond donors (Lipinski definition) is 3. The van der Waals surface area contributed by atoms with Gasteiger partial charge in [0.05, 0.1) is 17.8 Å². The second kappa shape index (κ2) is 9.93. The first kappa shape index (κ1) is 24.7. The summed E-state index contributed by atoms with van der Waals surface area (Å²) in [7, 11) is 0. The molecule has 3 fully saturated rings. The fraction of sp³-hybridized carbons (Fsp3) is 0.786. The van der Waals surface area contributed by atoms with Gasteiger partial charge >= 0.3 is 0 Å². The van der Waals surface area contributed by atoms with E-state index in [0.717, 1.165) is 36.3 Å². The number of aliphatic hydroxyl groups is 3. The van der Waals surface area contributed by atoms with E-state index in [1.807, 2.05) is 19.9 Å². The maximum absolute atomic E-state index is 10.1. The molecule has 0 radical (unpaired) electrons. The van der Waals surface area contributed by atoms with Gasteiger partial charge in [-0.3, -0.25) is 0 Å². The van der Waals surface area contributed by atoms with Crippen molar-refractivity contribution in [2.75, 3.05) is 0 Å². The van der Waals surface area contributed by atoms with Crippen molar-refractivity contribution in [2.45, 2.75) is 116 Å². The molecule has 0 unspecified atom stereocenters. The maximum Gasteiger partial charge on any atom is 0.0602 e. The van der Waals surface area contributed by atoms with Crippen molar-refractivity contribution in [2.24, 2.45) is 23.2 Å². The van der Waals surface area contributed by atoms with E-state index in [1.54, 1.807) is 5.57 Å². The average Bonchev–Trinajstić information content (AvgIpc) is 3.02. The van der Waals surface area contributed by atoms with Gasteiger partial charge in [0.1, 0.15) is 0 Å². The molecule has 0 aliphatic heterocycles. The molecule has 3 N–H and O–H groups in total. The topological polar surface area (TPSA) is 60.7 Å². The molecule has 3 aliphatic carbocycles. The van der Waals surface area contributed by atoms with Gasteiger partial charge in [-0.15, -0.1) is 0 Å². The fourth-order valence-corrected chi connectivity index (χ4v) is 7.12. The van der Waals surface area contributed by atoms with Crippen LogP contribution in [0.25, 0.3) is 0 Å². The Labute approximate surface area is 190 Å². The van der Waals surface area contributed by atoms with Crippen LogP contribution < -0.4 is 0 Å². The van der Waals surface area contributed by atoms with Gasteiger partial charge in [0.15, 0.2) is 0 Å². The maximum atomic E-state index is 10.1. The summed E-state index contributed by atoms with van der Waals surface area (Å²) in [5.41, 5.74) is 3.67. The zero-order valence-corrected chi connectivity index (χ0v) is 20.4. The molecule has 3 aliphatic rings. The molecule has 3 nitrogen and oxygen atoms in total. The van der Waals surface area contributed by atoms with Crippen molar-refractivity contribution in [3.05, 3.63) is 35.5 Å². The Kier molecular flexibility index (Phi) is 7.92. The predicted molar refractivity (Wildman–Crippen MR) is 129 cm³/mol. The molecule has 31 heavy (non-hydrogen) atoms. The minimum atomic E-state index is -0.558. The van der Waals surface area contributed by atoms with E-state index in [4.69, 9.17) is 0 Å². The summed E-state index contributed by atoms with van der Waals surface area (Å²) in [6, 6.07) is 0. The Morgan fingerprint density at radius 3 is 2.52 bits per heavy atom. The van der Waals surface area contributed by atoms with Crippen molar-refractivity contribution in [3.8, 4) is 0 Å². The molecule has 0 heterocycles. The lowest BCUT2D eigenvalue weighted by atomic mass is 9.60. The van der Waals surface area contributed by atoms with Gasteiger partial charge in [-0.1, -0.05) is 56.6 Å². The molecule has 0 bridgehead atoms. The van der Waals surface area contributed by atoms with E-state index in [2.05, 4.69) is 26.5 Å². The van der Waals surface area contributed by atoms with Gasteiger partial charge < -0.3 is 15.3 Å². The second-order valence-electron chi connectivity index (χ2n) is 11.7. The molecule has 0 aromatic rings. The van der Waals surface area contributed by atoms with E-state index in [9.17, 15) is 15.3 Å². The Morgan fingerprint density at radius 1 is 1.23 bits per heavy atom. The van der Waals surface area contributed by atoms with Gasteiger partial charge in [-0.2, -0.15) is 0 Å². The third-order valence-corrected chi connectivity index (χ3v) is 8.65. The molecular formula is C28H46O3. The fourth-order valence-electron chi connectivity index (χ4n) is 7.12. The summed E-state index contributed by atoms with van der Waals surface area (Å²) in [5.74, 6) is 2.08. The van der Waals surface area contributed by atoms with E-state index >= 15 is 0 Å². The van der Waals surface area contributed by atoms with Gasteiger partial charge in [0, 0.05) is 0 Å². The van der Waals surface area contributed by atoms with E-state index in [1.165, 1.54) is 32.1 Å². The van der Waals surface area contributed by atoms with Crippen LogP contribution in [0.15, 0.2) is 35.5 Å². The molecule has 0 spiro atoms. The summed E-state index contributed by atoms with van der Waals surface area (Å²) in [6.45, 7) is 12.9. The number of allylic oxidation sites excluding steroid dienone is 4. The molecule has 0 aromatic heterocycles. The minimum absolute atomic E-state index is 0.362. The van der Waals surface area contributed by atoms with Crippen LogP contribution in [0.1, 0.15) is 98.3 Å². The highest BCUT2D eigenvalue weighted by atomic mass is 16.3. The number of rotatable bonds is 7. The third-order valence-electron chi connectivity index (χ3n) is 8.65. The van der Waals surface area contributed by atoms with Crippen molar-refractivity contribution in [3.63, 3.8) is 0 Å². The lowest BCUT2D eigenvalue weighted by Crippen LogP contribution is -2.36. The first-order valence-electron chi connectivity index (χ1n) is 12.7. The smallest absolute Gasteiger partial charge is 0.0602 e. The normalized spacial score (nSPS) is 36.4. The summed E-state index contributed by atoms with van der Waals surface area (Å²) in [5, 5.41) is 30.4. The molecule has 0 saturated heterocycles. The Bertz CT molecular complexity index is 686. The first-order valence-corrected chi connectivity index (χ1v) is 12.7. The Morgan fingerprint density at radius 2 is 1.90 bits per heavy atom. The lowest BCUT2D eigenvalue weighted by Gasteiger charge is -2.44. The minimum Gasteiger partial charge on any atom is -0.393 e. The highest BCUT2D eigenvalue weighted by Gasteiger charge is 2.50. The Hall–Kier alpha value is -0.900. The second-order valence-corrected chi connectivity index (χ2v) is 11.7. The standard InChI is InChI=1S/C28H46O3/c1-6-20(22-16-23(29)18-24(30)17-22)15-21-10-8-14-28(5)25(11-12-26(21)28)19(2)9-7-13-27(3,4)31/h6,15,19,23-26,29-31H,1,7-14,16-18H2,2-5H3/b21-15+/t19-,23-,24-,25-,26+,28-/m1/s1. The molecule has 3 saturated carbocycles. The monoisotopic (exact) mass is 430 g/mol. The zero-order chi connectivity index (χ0) is 22.8. The summed E-state index contributed by atoms with van der Waals surface area (Å²) >= 11 is 0. The molecule has 6 atom stereocenters. The highest BCUT2D eigenvalue weighted by molar-refractivity contribution is 5.40. The lowest BCUT2D eigenvalue weighted by molar-refractivity contribution is 0.0590. The number of hydrogen-bond acceptors (Lipinski definition) is 3. The van der Waals surface area contributed by atoms with Gasteiger partial charge in [0.25, 0.3) is 0 Å². The summed E-state index contributed by atoms with van der Waals surface area (Å²) in [6.07, 6.45) is 14.7. The van der Waals surface area contributed by atoms with Crippen molar-refractivity contribution in [1.82, 2.24) is 0 Å². The van der Waals surface area contributed by atoms with E-state index in [0.29, 0.717) is 36.5 Å². The van der Waals surface area contributed by atoms with Crippen LogP contribution in [0.4, 0.5) is 0 Å². The molecule has 3 heteroatoms.